The standard InChI is InChI=1S/C17H16FN3/c18-17-13(11-19)5-3-6-14(17)12-21-10-4-9-20-15-7-1-2-8-16(15)21/h1-3,5-8,20H,4,9-10,12H2. The molecule has 2 aromatic carbocycles. The number of hydrogen-bond donors (Lipinski definition) is 1. The molecule has 0 aromatic heterocycles. The number of rotatable bonds is 2. The van der Waals surface area contributed by atoms with Crippen LogP contribution in [-0.4, -0.2) is 13.1 Å². The van der Waals surface area contributed by atoms with Crippen LogP contribution in [0.1, 0.15) is 17.5 Å². The van der Waals surface area contributed by atoms with Gasteiger partial charge in [0.05, 0.1) is 16.9 Å². The van der Waals surface area contributed by atoms with Crippen molar-refractivity contribution in [2.45, 2.75) is 13.0 Å². The Bertz CT molecular complexity index is 691. The van der Waals surface area contributed by atoms with E-state index in [1.807, 2.05) is 30.3 Å². The number of fused-ring (bicyclic) bond motifs is 1. The summed E-state index contributed by atoms with van der Waals surface area (Å²) in [6.45, 7) is 2.24. The molecular formula is C17H16FN3. The molecule has 106 valence electrons. The molecule has 0 atom stereocenters. The highest BCUT2D eigenvalue weighted by Crippen LogP contribution is 2.29. The molecule has 0 fully saturated rings. The van der Waals surface area contributed by atoms with Crippen LogP contribution in [0, 0.1) is 17.1 Å². The van der Waals surface area contributed by atoms with Crippen LogP contribution in [0.25, 0.3) is 0 Å². The maximum absolute atomic E-state index is 14.2. The molecule has 0 saturated carbocycles. The molecule has 0 spiro atoms. The van der Waals surface area contributed by atoms with Crippen molar-refractivity contribution in [2.75, 3.05) is 23.3 Å². The first-order valence-electron chi connectivity index (χ1n) is 7.05. The minimum atomic E-state index is -0.408. The van der Waals surface area contributed by atoms with Crippen molar-refractivity contribution in [3.63, 3.8) is 0 Å². The van der Waals surface area contributed by atoms with Crippen LogP contribution in [0.4, 0.5) is 15.8 Å². The zero-order valence-corrected chi connectivity index (χ0v) is 11.6. The van der Waals surface area contributed by atoms with Crippen LogP contribution in [-0.2, 0) is 6.54 Å². The Morgan fingerprint density at radius 2 is 2.05 bits per heavy atom. The van der Waals surface area contributed by atoms with E-state index in [1.165, 1.54) is 6.07 Å². The number of nitrogens with one attached hydrogen (secondary N) is 1. The van der Waals surface area contributed by atoms with Crippen molar-refractivity contribution in [3.05, 3.63) is 59.4 Å². The van der Waals surface area contributed by atoms with E-state index in [2.05, 4.69) is 10.2 Å². The second kappa shape index (κ2) is 5.84. The quantitative estimate of drug-likeness (QED) is 0.915. The molecule has 3 rings (SSSR count). The van der Waals surface area contributed by atoms with E-state index < -0.39 is 5.82 Å². The second-order valence-corrected chi connectivity index (χ2v) is 5.11. The molecule has 4 heteroatoms. The number of para-hydroxylation sites is 2. The smallest absolute Gasteiger partial charge is 0.145 e. The van der Waals surface area contributed by atoms with E-state index in [4.69, 9.17) is 5.26 Å². The Hall–Kier alpha value is -2.54. The average molecular weight is 281 g/mol. The van der Waals surface area contributed by atoms with Crippen molar-refractivity contribution in [3.8, 4) is 6.07 Å². The number of benzene rings is 2. The van der Waals surface area contributed by atoms with Crippen molar-refractivity contribution < 1.29 is 4.39 Å². The average Bonchev–Trinajstić information content (AvgIpc) is 2.72. The lowest BCUT2D eigenvalue weighted by molar-refractivity contribution is 0.600. The maximum Gasteiger partial charge on any atom is 0.145 e. The van der Waals surface area contributed by atoms with E-state index in [0.29, 0.717) is 12.1 Å². The lowest BCUT2D eigenvalue weighted by Gasteiger charge is -2.24. The van der Waals surface area contributed by atoms with Crippen LogP contribution < -0.4 is 10.2 Å². The van der Waals surface area contributed by atoms with Gasteiger partial charge in [-0.1, -0.05) is 24.3 Å². The Balaban J connectivity index is 1.94. The van der Waals surface area contributed by atoms with Crippen LogP contribution in [0.2, 0.25) is 0 Å². The fourth-order valence-corrected chi connectivity index (χ4v) is 2.67. The number of anilines is 2. The van der Waals surface area contributed by atoms with Gasteiger partial charge in [0.15, 0.2) is 0 Å². The highest BCUT2D eigenvalue weighted by Gasteiger charge is 2.17. The van der Waals surface area contributed by atoms with E-state index >= 15 is 0 Å². The van der Waals surface area contributed by atoms with Gasteiger partial charge in [0.25, 0.3) is 0 Å². The molecule has 2 aromatic rings. The van der Waals surface area contributed by atoms with Gasteiger partial charge in [0.1, 0.15) is 11.9 Å². The predicted molar refractivity (Wildman–Crippen MR) is 81.7 cm³/mol. The maximum atomic E-state index is 14.2. The van der Waals surface area contributed by atoms with Gasteiger partial charge in [-0.15, -0.1) is 0 Å². The first kappa shape index (κ1) is 13.4. The monoisotopic (exact) mass is 281 g/mol. The van der Waals surface area contributed by atoms with Crippen molar-refractivity contribution >= 4 is 11.4 Å². The van der Waals surface area contributed by atoms with Crippen LogP contribution in [0.5, 0.6) is 0 Å². The summed E-state index contributed by atoms with van der Waals surface area (Å²) in [5.74, 6) is -0.408. The second-order valence-electron chi connectivity index (χ2n) is 5.11. The third kappa shape index (κ3) is 2.68. The zero-order valence-electron chi connectivity index (χ0n) is 11.6. The molecule has 3 nitrogen and oxygen atoms in total. The Labute approximate surface area is 123 Å². The molecular weight excluding hydrogens is 265 g/mol. The zero-order chi connectivity index (χ0) is 14.7. The van der Waals surface area contributed by atoms with Gasteiger partial charge in [-0.2, -0.15) is 5.26 Å². The molecule has 0 radical (unpaired) electrons. The van der Waals surface area contributed by atoms with Gasteiger partial charge < -0.3 is 10.2 Å². The number of hydrogen-bond acceptors (Lipinski definition) is 3. The number of halogens is 1. The molecule has 0 bridgehead atoms. The summed E-state index contributed by atoms with van der Waals surface area (Å²) >= 11 is 0. The van der Waals surface area contributed by atoms with Crippen LogP contribution in [0.3, 0.4) is 0 Å². The van der Waals surface area contributed by atoms with Crippen LogP contribution >= 0.6 is 0 Å². The lowest BCUT2D eigenvalue weighted by atomic mass is 10.1. The molecule has 1 aliphatic heterocycles. The third-order valence-corrected chi connectivity index (χ3v) is 3.73. The summed E-state index contributed by atoms with van der Waals surface area (Å²) < 4.78 is 14.2. The first-order chi connectivity index (χ1) is 10.3. The largest absolute Gasteiger partial charge is 0.383 e. The summed E-state index contributed by atoms with van der Waals surface area (Å²) in [5, 5.41) is 12.3. The topological polar surface area (TPSA) is 39.1 Å². The SMILES string of the molecule is N#Cc1cccc(CN2CCCNc3ccccc32)c1F. The van der Waals surface area contributed by atoms with Crippen LogP contribution in [0.15, 0.2) is 42.5 Å². The summed E-state index contributed by atoms with van der Waals surface area (Å²) in [6.07, 6.45) is 0.994. The van der Waals surface area contributed by atoms with Gasteiger partial charge >= 0.3 is 0 Å². The van der Waals surface area contributed by atoms with Gasteiger partial charge in [0.2, 0.25) is 0 Å². The van der Waals surface area contributed by atoms with E-state index in [-0.39, 0.29) is 5.56 Å². The Kier molecular flexibility index (Phi) is 3.74. The Morgan fingerprint density at radius 1 is 1.19 bits per heavy atom. The number of nitrogens with zero attached hydrogens (tertiary/aromatic N) is 2. The fraction of sp³-hybridized carbons (Fsp3) is 0.235. The molecule has 0 unspecified atom stereocenters. The van der Waals surface area contributed by atoms with Gasteiger partial charge in [-0.25, -0.2) is 4.39 Å². The predicted octanol–water partition coefficient (Wildman–Crippen LogP) is 3.52. The summed E-state index contributed by atoms with van der Waals surface area (Å²) in [7, 11) is 0. The Morgan fingerprint density at radius 3 is 2.90 bits per heavy atom. The number of nitriles is 1. The summed E-state index contributed by atoms with van der Waals surface area (Å²) in [4.78, 5) is 2.16. The molecule has 21 heavy (non-hydrogen) atoms. The van der Waals surface area contributed by atoms with Gasteiger partial charge in [-0.3, -0.25) is 0 Å². The summed E-state index contributed by atoms with van der Waals surface area (Å²) in [5.41, 5.74) is 2.82. The van der Waals surface area contributed by atoms with Crippen molar-refractivity contribution in [2.24, 2.45) is 0 Å². The molecule has 0 saturated heterocycles. The lowest BCUT2D eigenvalue weighted by Crippen LogP contribution is -2.24. The summed E-state index contributed by atoms with van der Waals surface area (Å²) in [6, 6.07) is 14.9. The fourth-order valence-electron chi connectivity index (χ4n) is 2.67. The van der Waals surface area contributed by atoms with Gasteiger partial charge in [0, 0.05) is 25.2 Å². The minimum absolute atomic E-state index is 0.105. The molecule has 1 heterocycles. The molecule has 0 aliphatic carbocycles. The normalized spacial score (nSPS) is 13.8. The van der Waals surface area contributed by atoms with E-state index in [9.17, 15) is 4.39 Å². The van der Waals surface area contributed by atoms with Gasteiger partial charge in [-0.05, 0) is 24.6 Å². The van der Waals surface area contributed by atoms with E-state index in [0.717, 1.165) is 30.9 Å². The molecule has 0 amide bonds. The van der Waals surface area contributed by atoms with E-state index in [1.54, 1.807) is 12.1 Å². The molecule has 1 aliphatic rings. The first-order valence-corrected chi connectivity index (χ1v) is 7.05. The third-order valence-electron chi connectivity index (χ3n) is 3.73. The highest BCUT2D eigenvalue weighted by atomic mass is 19.1. The van der Waals surface area contributed by atoms with Crippen molar-refractivity contribution in [1.82, 2.24) is 0 Å². The minimum Gasteiger partial charge on any atom is -0.383 e. The van der Waals surface area contributed by atoms with Crippen molar-refractivity contribution in [1.29, 1.82) is 5.26 Å². The highest BCUT2D eigenvalue weighted by molar-refractivity contribution is 5.70. The molecule has 1 N–H and O–H groups in total.